The fraction of sp³-hybridized carbons (Fsp3) is 0.333. The molecule has 2 N–H and O–H groups in total. The normalized spacial score (nSPS) is 18.4. The lowest BCUT2D eigenvalue weighted by Gasteiger charge is -2.29. The van der Waals surface area contributed by atoms with Gasteiger partial charge in [0.1, 0.15) is 0 Å². The van der Waals surface area contributed by atoms with Crippen LogP contribution in [0.4, 0.5) is 4.79 Å². The number of carbonyl (C=O) groups excluding carboxylic acids is 2. The number of rotatable bonds is 3. The smallest absolute Gasteiger partial charge is 0.337 e. The summed E-state index contributed by atoms with van der Waals surface area (Å²) in [5.41, 5.74) is 3.00. The lowest BCUT2D eigenvalue weighted by atomic mass is 9.93. The van der Waals surface area contributed by atoms with Gasteiger partial charge in [-0.25, -0.2) is 9.59 Å². The average molecular weight is 274 g/mol. The van der Waals surface area contributed by atoms with E-state index in [0.29, 0.717) is 17.7 Å². The van der Waals surface area contributed by atoms with Crippen molar-refractivity contribution in [2.45, 2.75) is 26.3 Å². The first-order valence-corrected chi connectivity index (χ1v) is 6.52. The molecule has 0 bridgehead atoms. The molecule has 2 amide bonds. The van der Waals surface area contributed by atoms with Gasteiger partial charge in [0.2, 0.25) is 0 Å². The van der Waals surface area contributed by atoms with Gasteiger partial charge in [-0.05, 0) is 18.9 Å². The molecule has 0 saturated heterocycles. The number of amides is 2. The molecule has 0 aromatic heterocycles. The first-order valence-electron chi connectivity index (χ1n) is 6.52. The number of ether oxygens (including phenoxy) is 1. The highest BCUT2D eigenvalue weighted by Gasteiger charge is 2.32. The molecule has 20 heavy (non-hydrogen) atoms. The van der Waals surface area contributed by atoms with Crippen molar-refractivity contribution in [3.05, 3.63) is 46.7 Å². The highest BCUT2D eigenvalue weighted by Crippen LogP contribution is 2.28. The molecule has 0 fully saturated rings. The second-order valence-corrected chi connectivity index (χ2v) is 4.68. The maximum absolute atomic E-state index is 12.0. The van der Waals surface area contributed by atoms with Crippen LogP contribution in [0.3, 0.4) is 0 Å². The summed E-state index contributed by atoms with van der Waals surface area (Å²) >= 11 is 0. The fourth-order valence-electron chi connectivity index (χ4n) is 2.35. The number of hydrogen-bond acceptors (Lipinski definition) is 3. The minimum Gasteiger partial charge on any atom is -0.466 e. The molecule has 5 heteroatoms. The molecule has 1 heterocycles. The van der Waals surface area contributed by atoms with Gasteiger partial charge in [0, 0.05) is 5.70 Å². The van der Waals surface area contributed by atoms with Crippen LogP contribution in [0, 0.1) is 6.92 Å². The number of nitrogens with one attached hydrogen (secondary N) is 2. The van der Waals surface area contributed by atoms with Crippen molar-refractivity contribution in [3.63, 3.8) is 0 Å². The number of benzene rings is 1. The van der Waals surface area contributed by atoms with Crippen molar-refractivity contribution >= 4 is 12.0 Å². The summed E-state index contributed by atoms with van der Waals surface area (Å²) in [4.78, 5) is 23.8. The minimum absolute atomic E-state index is 0.305. The molecule has 1 aliphatic heterocycles. The van der Waals surface area contributed by atoms with Gasteiger partial charge in [-0.15, -0.1) is 0 Å². The molecule has 1 aromatic carbocycles. The number of methoxy groups -OCH3 is 1. The van der Waals surface area contributed by atoms with Crippen LogP contribution in [0.1, 0.15) is 30.5 Å². The Morgan fingerprint density at radius 3 is 2.75 bits per heavy atom. The largest absolute Gasteiger partial charge is 0.466 e. The van der Waals surface area contributed by atoms with E-state index in [1.165, 1.54) is 7.11 Å². The summed E-state index contributed by atoms with van der Waals surface area (Å²) in [5, 5.41) is 5.46. The Bertz CT molecular complexity index is 578. The van der Waals surface area contributed by atoms with Gasteiger partial charge in [0.15, 0.2) is 0 Å². The molecule has 106 valence electrons. The summed E-state index contributed by atoms with van der Waals surface area (Å²) in [6.07, 6.45) is 0.556. The van der Waals surface area contributed by atoms with Gasteiger partial charge in [-0.1, -0.05) is 36.8 Å². The van der Waals surface area contributed by atoms with Crippen LogP contribution in [0.25, 0.3) is 0 Å². The molecule has 0 aliphatic carbocycles. The lowest BCUT2D eigenvalue weighted by Crippen LogP contribution is -2.45. The first-order chi connectivity index (χ1) is 9.56. The Kier molecular flexibility index (Phi) is 4.08. The van der Waals surface area contributed by atoms with E-state index in [-0.39, 0.29) is 6.03 Å². The fourth-order valence-corrected chi connectivity index (χ4v) is 2.35. The third-order valence-corrected chi connectivity index (χ3v) is 3.29. The molecular formula is C15H18N2O3. The monoisotopic (exact) mass is 274 g/mol. The molecule has 1 aliphatic rings. The molecule has 5 nitrogen and oxygen atoms in total. The van der Waals surface area contributed by atoms with Crippen molar-refractivity contribution in [2.24, 2.45) is 0 Å². The van der Waals surface area contributed by atoms with Crippen LogP contribution in [0.2, 0.25) is 0 Å². The molecule has 0 spiro atoms. The Morgan fingerprint density at radius 1 is 1.40 bits per heavy atom. The highest BCUT2D eigenvalue weighted by molar-refractivity contribution is 5.95. The summed E-state index contributed by atoms with van der Waals surface area (Å²) in [6.45, 7) is 3.85. The van der Waals surface area contributed by atoms with Crippen molar-refractivity contribution < 1.29 is 14.3 Å². The molecule has 0 saturated carbocycles. The van der Waals surface area contributed by atoms with Gasteiger partial charge in [0.05, 0.1) is 18.7 Å². The number of aryl methyl sites for hydroxylation is 1. The van der Waals surface area contributed by atoms with Crippen molar-refractivity contribution in [2.75, 3.05) is 7.11 Å². The Morgan fingerprint density at radius 2 is 2.15 bits per heavy atom. The van der Waals surface area contributed by atoms with Crippen LogP contribution < -0.4 is 10.6 Å². The Labute approximate surface area is 118 Å². The SMILES string of the molecule is CCC1=C(C(=O)OC)[C@@H](c2cccc(C)c2)NC(=O)N1. The quantitative estimate of drug-likeness (QED) is 0.830. The maximum Gasteiger partial charge on any atom is 0.337 e. The van der Waals surface area contributed by atoms with E-state index in [4.69, 9.17) is 4.74 Å². The van der Waals surface area contributed by atoms with Crippen molar-refractivity contribution in [3.8, 4) is 0 Å². The Hall–Kier alpha value is -2.30. The van der Waals surface area contributed by atoms with Crippen LogP contribution in [0.5, 0.6) is 0 Å². The van der Waals surface area contributed by atoms with Gasteiger partial charge >= 0.3 is 12.0 Å². The molecular weight excluding hydrogens is 256 g/mol. The van der Waals surface area contributed by atoms with E-state index in [1.807, 2.05) is 38.1 Å². The zero-order chi connectivity index (χ0) is 14.7. The summed E-state index contributed by atoms with van der Waals surface area (Å²) in [7, 11) is 1.34. The number of esters is 1. The minimum atomic E-state index is -0.481. The standard InChI is InChI=1S/C15H18N2O3/c1-4-11-12(14(18)20-3)13(17-15(19)16-11)10-7-5-6-9(2)8-10/h5-8,13H,4H2,1-3H3,(H2,16,17,19)/t13-/m1/s1. The third-order valence-electron chi connectivity index (χ3n) is 3.29. The molecule has 0 radical (unpaired) electrons. The maximum atomic E-state index is 12.0. The van der Waals surface area contributed by atoms with Gasteiger partial charge in [0.25, 0.3) is 0 Å². The zero-order valence-electron chi connectivity index (χ0n) is 11.8. The van der Waals surface area contributed by atoms with E-state index in [1.54, 1.807) is 0 Å². The summed E-state index contributed by atoms with van der Waals surface area (Å²) in [6, 6.07) is 6.92. The molecule has 0 unspecified atom stereocenters. The predicted molar refractivity (Wildman–Crippen MR) is 74.9 cm³/mol. The predicted octanol–water partition coefficient (Wildman–Crippen LogP) is 2.19. The van der Waals surface area contributed by atoms with Crippen molar-refractivity contribution in [1.29, 1.82) is 0 Å². The van der Waals surface area contributed by atoms with E-state index < -0.39 is 12.0 Å². The Balaban J connectivity index is 2.53. The summed E-state index contributed by atoms with van der Waals surface area (Å²) in [5.74, 6) is -0.430. The number of carbonyl (C=O) groups is 2. The van der Waals surface area contributed by atoms with Gasteiger partial charge in [-0.3, -0.25) is 0 Å². The van der Waals surface area contributed by atoms with Crippen LogP contribution >= 0.6 is 0 Å². The summed E-state index contributed by atoms with van der Waals surface area (Å²) < 4.78 is 4.85. The number of allylic oxidation sites excluding steroid dienone is 1. The second-order valence-electron chi connectivity index (χ2n) is 4.68. The molecule has 2 rings (SSSR count). The lowest BCUT2D eigenvalue weighted by molar-refractivity contribution is -0.136. The molecule has 1 atom stereocenters. The van der Waals surface area contributed by atoms with Gasteiger partial charge in [-0.2, -0.15) is 0 Å². The van der Waals surface area contributed by atoms with Crippen molar-refractivity contribution in [1.82, 2.24) is 10.6 Å². The second kappa shape index (κ2) is 5.77. The van der Waals surface area contributed by atoms with E-state index in [9.17, 15) is 9.59 Å². The van der Waals surface area contributed by atoms with Crippen LogP contribution in [-0.2, 0) is 9.53 Å². The van der Waals surface area contributed by atoms with E-state index in [0.717, 1.165) is 11.1 Å². The zero-order valence-corrected chi connectivity index (χ0v) is 11.8. The topological polar surface area (TPSA) is 67.4 Å². The number of hydrogen-bond donors (Lipinski definition) is 2. The number of urea groups is 1. The van der Waals surface area contributed by atoms with E-state index in [2.05, 4.69) is 10.6 Å². The average Bonchev–Trinajstić information content (AvgIpc) is 2.45. The van der Waals surface area contributed by atoms with E-state index >= 15 is 0 Å². The third kappa shape index (κ3) is 2.66. The van der Waals surface area contributed by atoms with Crippen LogP contribution in [0.15, 0.2) is 35.5 Å². The first kappa shape index (κ1) is 14.1. The van der Waals surface area contributed by atoms with Crippen LogP contribution in [-0.4, -0.2) is 19.1 Å². The highest BCUT2D eigenvalue weighted by atomic mass is 16.5. The molecule has 1 aromatic rings. The van der Waals surface area contributed by atoms with Gasteiger partial charge < -0.3 is 15.4 Å².